The number of benzene rings is 1. The van der Waals surface area contributed by atoms with Crippen LogP contribution in [0.25, 0.3) is 0 Å². The second-order valence-electron chi connectivity index (χ2n) is 6.96. The first kappa shape index (κ1) is 21.5. The van der Waals surface area contributed by atoms with Gasteiger partial charge in [-0.1, -0.05) is 30.3 Å². The molecule has 1 atom stereocenters. The Hall–Kier alpha value is -2.57. The highest BCUT2D eigenvalue weighted by Crippen LogP contribution is 2.16. The molecule has 1 aromatic rings. The van der Waals surface area contributed by atoms with Gasteiger partial charge in [0, 0.05) is 6.54 Å². The minimum Gasteiger partial charge on any atom is -0.481 e. The van der Waals surface area contributed by atoms with Gasteiger partial charge >= 0.3 is 18.0 Å². The molecule has 0 unspecified atom stereocenters. The van der Waals surface area contributed by atoms with E-state index in [-0.39, 0.29) is 26.0 Å². The lowest BCUT2D eigenvalue weighted by Gasteiger charge is -2.21. The first-order chi connectivity index (χ1) is 12.2. The monoisotopic (exact) mass is 365 g/mol. The lowest BCUT2D eigenvalue weighted by molar-refractivity contribution is -0.160. The van der Waals surface area contributed by atoms with E-state index in [9.17, 15) is 19.5 Å². The molecule has 0 fully saturated rings. The molecule has 1 rings (SSSR count). The number of hydrogen-bond donors (Lipinski definition) is 2. The number of alkyl carbamates (subject to hydrolysis) is 1. The van der Waals surface area contributed by atoms with Gasteiger partial charge in [0.05, 0.1) is 12.3 Å². The lowest BCUT2D eigenvalue weighted by atomic mass is 9.99. The molecule has 0 saturated carbocycles. The van der Waals surface area contributed by atoms with E-state index in [2.05, 4.69) is 5.32 Å². The summed E-state index contributed by atoms with van der Waals surface area (Å²) in [4.78, 5) is 34.6. The zero-order valence-corrected chi connectivity index (χ0v) is 15.5. The van der Waals surface area contributed by atoms with Crippen LogP contribution in [0.2, 0.25) is 0 Å². The number of carboxylic acid groups (broad SMARTS) is 1. The highest BCUT2D eigenvalue weighted by Gasteiger charge is 2.24. The first-order valence-corrected chi connectivity index (χ1v) is 8.56. The van der Waals surface area contributed by atoms with Crippen LogP contribution in [0.5, 0.6) is 0 Å². The second-order valence-corrected chi connectivity index (χ2v) is 6.96. The molecule has 0 spiro atoms. The largest absolute Gasteiger partial charge is 0.481 e. The number of hydrogen-bond acceptors (Lipinski definition) is 5. The van der Waals surface area contributed by atoms with Crippen LogP contribution in [0.15, 0.2) is 30.3 Å². The number of esters is 1. The summed E-state index contributed by atoms with van der Waals surface area (Å²) in [7, 11) is 0. The molecule has 0 radical (unpaired) electrons. The van der Waals surface area contributed by atoms with Crippen LogP contribution < -0.4 is 5.32 Å². The van der Waals surface area contributed by atoms with Gasteiger partial charge in [0.25, 0.3) is 0 Å². The van der Waals surface area contributed by atoms with Crippen molar-refractivity contribution in [1.82, 2.24) is 5.32 Å². The number of carboxylic acids is 1. The number of amides is 1. The van der Waals surface area contributed by atoms with Gasteiger partial charge < -0.3 is 19.9 Å². The Labute approximate surface area is 153 Å². The van der Waals surface area contributed by atoms with E-state index in [4.69, 9.17) is 9.47 Å². The highest BCUT2D eigenvalue weighted by molar-refractivity contribution is 5.78. The van der Waals surface area contributed by atoms with E-state index in [1.807, 2.05) is 30.3 Å². The van der Waals surface area contributed by atoms with E-state index in [1.54, 1.807) is 20.8 Å². The van der Waals surface area contributed by atoms with Crippen molar-refractivity contribution in [3.63, 3.8) is 0 Å². The van der Waals surface area contributed by atoms with Crippen molar-refractivity contribution in [3.8, 4) is 0 Å². The Morgan fingerprint density at radius 1 is 1.15 bits per heavy atom. The fraction of sp³-hybridized carbons (Fsp3) is 0.526. The van der Waals surface area contributed by atoms with Crippen LogP contribution in [0.1, 0.15) is 45.6 Å². The molecule has 0 aliphatic carbocycles. The number of aliphatic carboxylic acids is 1. The summed E-state index contributed by atoms with van der Waals surface area (Å²) < 4.78 is 10.2. The van der Waals surface area contributed by atoms with Gasteiger partial charge in [0.15, 0.2) is 0 Å². The fourth-order valence-corrected chi connectivity index (χ4v) is 2.21. The smallest absolute Gasteiger partial charge is 0.407 e. The second kappa shape index (κ2) is 10.4. The Morgan fingerprint density at radius 3 is 2.38 bits per heavy atom. The summed E-state index contributed by atoms with van der Waals surface area (Å²) >= 11 is 0. The van der Waals surface area contributed by atoms with Crippen molar-refractivity contribution in [2.75, 3.05) is 6.54 Å². The number of nitrogens with one attached hydrogen (secondary N) is 1. The summed E-state index contributed by atoms with van der Waals surface area (Å²) in [6, 6.07) is 9.28. The normalized spacial score (nSPS) is 12.1. The fourth-order valence-electron chi connectivity index (χ4n) is 2.21. The van der Waals surface area contributed by atoms with Crippen LogP contribution >= 0.6 is 0 Å². The summed E-state index contributed by atoms with van der Waals surface area (Å²) in [6.07, 6.45) is -0.0772. The Morgan fingerprint density at radius 2 is 1.81 bits per heavy atom. The van der Waals surface area contributed by atoms with Crippen molar-refractivity contribution in [2.45, 2.75) is 52.2 Å². The molecule has 0 aliphatic heterocycles. The van der Waals surface area contributed by atoms with Crippen LogP contribution in [-0.2, 0) is 25.7 Å². The molecule has 7 nitrogen and oxygen atoms in total. The van der Waals surface area contributed by atoms with Gasteiger partial charge in [0.2, 0.25) is 0 Å². The minimum absolute atomic E-state index is 0.170. The van der Waals surface area contributed by atoms with Crippen LogP contribution in [0.3, 0.4) is 0 Å². The third-order valence-electron chi connectivity index (χ3n) is 3.39. The van der Waals surface area contributed by atoms with Crippen LogP contribution in [-0.4, -0.2) is 35.3 Å². The topological polar surface area (TPSA) is 102 Å². The lowest BCUT2D eigenvalue weighted by Crippen LogP contribution is -2.28. The molecule has 26 heavy (non-hydrogen) atoms. The molecule has 1 aromatic carbocycles. The van der Waals surface area contributed by atoms with Crippen LogP contribution in [0.4, 0.5) is 4.79 Å². The van der Waals surface area contributed by atoms with E-state index >= 15 is 0 Å². The average molecular weight is 365 g/mol. The molecular formula is C19H27NO6. The molecule has 2 N–H and O–H groups in total. The third kappa shape index (κ3) is 9.66. The minimum atomic E-state index is -1.05. The Bertz CT molecular complexity index is 594. The molecule has 0 bridgehead atoms. The standard InChI is InChI=1S/C19H27NO6/c1-19(2,3)26-16(21)12-15(17(22)23)10-7-11-20-18(24)25-13-14-8-5-4-6-9-14/h4-6,8-9,15H,7,10-13H2,1-3H3,(H,20,24)(H,22,23)/t15-/m1/s1. The SMILES string of the molecule is CC(C)(C)OC(=O)C[C@@H](CCCNC(=O)OCc1ccccc1)C(=O)O. The predicted octanol–water partition coefficient (Wildman–Crippen LogP) is 3.13. The maximum atomic E-state index is 11.8. The van der Waals surface area contributed by atoms with E-state index in [0.29, 0.717) is 6.42 Å². The van der Waals surface area contributed by atoms with Crippen molar-refractivity contribution >= 4 is 18.0 Å². The molecule has 0 saturated heterocycles. The van der Waals surface area contributed by atoms with Crippen molar-refractivity contribution in [1.29, 1.82) is 0 Å². The maximum Gasteiger partial charge on any atom is 0.407 e. The van der Waals surface area contributed by atoms with Crippen molar-refractivity contribution in [3.05, 3.63) is 35.9 Å². The molecule has 0 heterocycles. The van der Waals surface area contributed by atoms with E-state index in [0.717, 1.165) is 5.56 Å². The summed E-state index contributed by atoms with van der Waals surface area (Å²) in [6.45, 7) is 5.62. The van der Waals surface area contributed by atoms with Gasteiger partial charge in [-0.2, -0.15) is 0 Å². The number of ether oxygens (including phenoxy) is 2. The first-order valence-electron chi connectivity index (χ1n) is 8.56. The number of carbonyl (C=O) groups is 3. The summed E-state index contributed by atoms with van der Waals surface area (Å²) in [5, 5.41) is 11.8. The van der Waals surface area contributed by atoms with E-state index < -0.39 is 29.6 Å². The Balaban J connectivity index is 2.26. The van der Waals surface area contributed by atoms with Gasteiger partial charge in [0.1, 0.15) is 12.2 Å². The number of carbonyl (C=O) groups excluding carboxylic acids is 2. The third-order valence-corrected chi connectivity index (χ3v) is 3.39. The zero-order valence-electron chi connectivity index (χ0n) is 15.5. The number of rotatable bonds is 9. The summed E-state index contributed by atoms with van der Waals surface area (Å²) in [5.74, 6) is -2.44. The molecular weight excluding hydrogens is 338 g/mol. The van der Waals surface area contributed by atoms with Gasteiger partial charge in [-0.05, 0) is 39.2 Å². The predicted molar refractivity (Wildman–Crippen MR) is 95.5 cm³/mol. The van der Waals surface area contributed by atoms with Gasteiger partial charge in [-0.15, -0.1) is 0 Å². The van der Waals surface area contributed by atoms with Crippen molar-refractivity contribution in [2.24, 2.45) is 5.92 Å². The quantitative estimate of drug-likeness (QED) is 0.515. The average Bonchev–Trinajstić information content (AvgIpc) is 2.54. The maximum absolute atomic E-state index is 11.8. The molecule has 0 aliphatic rings. The molecule has 1 amide bonds. The highest BCUT2D eigenvalue weighted by atomic mass is 16.6. The van der Waals surface area contributed by atoms with Crippen molar-refractivity contribution < 1.29 is 29.0 Å². The van der Waals surface area contributed by atoms with Crippen LogP contribution in [0, 0.1) is 5.92 Å². The van der Waals surface area contributed by atoms with E-state index in [1.165, 1.54) is 0 Å². The molecule has 0 aromatic heterocycles. The van der Waals surface area contributed by atoms with Gasteiger partial charge in [-0.25, -0.2) is 4.79 Å². The van der Waals surface area contributed by atoms with Gasteiger partial charge in [-0.3, -0.25) is 9.59 Å². The molecule has 144 valence electrons. The Kier molecular flexibility index (Phi) is 8.61. The zero-order chi connectivity index (χ0) is 19.6. The summed E-state index contributed by atoms with van der Waals surface area (Å²) in [5.41, 5.74) is 0.232. The molecule has 7 heteroatoms.